The molecule has 0 aromatic heterocycles. The maximum atomic E-state index is 13.3. The lowest BCUT2D eigenvalue weighted by atomic mass is 9.88. The Balaban J connectivity index is 1.76. The lowest BCUT2D eigenvalue weighted by molar-refractivity contribution is -0.132. The van der Waals surface area contributed by atoms with E-state index in [0.29, 0.717) is 17.7 Å². The van der Waals surface area contributed by atoms with E-state index in [9.17, 15) is 9.90 Å². The topological polar surface area (TPSA) is 49.8 Å². The van der Waals surface area contributed by atoms with Crippen LogP contribution in [0.2, 0.25) is 0 Å². The van der Waals surface area contributed by atoms with Gasteiger partial charge in [-0.1, -0.05) is 60.7 Å². The van der Waals surface area contributed by atoms with Crippen molar-refractivity contribution in [3.8, 4) is 5.75 Å². The van der Waals surface area contributed by atoms with Crippen LogP contribution in [-0.2, 0) is 16.9 Å². The SMILES string of the molecule is COc1ccc(CN2C(=O)[C@@](O)(c3ccccc3)c3ccccc32)cc1. The predicted octanol–water partition coefficient (Wildman–Crippen LogP) is 3.48. The highest BCUT2D eigenvalue weighted by atomic mass is 16.5. The molecule has 3 aromatic rings. The van der Waals surface area contributed by atoms with Gasteiger partial charge in [-0.25, -0.2) is 0 Å². The van der Waals surface area contributed by atoms with Crippen LogP contribution in [0.15, 0.2) is 78.9 Å². The molecule has 0 bridgehead atoms. The Hall–Kier alpha value is -3.11. The lowest BCUT2D eigenvalue weighted by Crippen LogP contribution is -2.40. The van der Waals surface area contributed by atoms with E-state index in [1.54, 1.807) is 24.1 Å². The Morgan fingerprint density at radius 2 is 1.58 bits per heavy atom. The van der Waals surface area contributed by atoms with Gasteiger partial charge in [0.15, 0.2) is 5.60 Å². The number of carbonyl (C=O) groups is 1. The maximum absolute atomic E-state index is 13.3. The number of ether oxygens (including phenoxy) is 1. The Kier molecular flexibility index (Phi) is 3.98. The fourth-order valence-corrected chi connectivity index (χ4v) is 3.46. The number of rotatable bonds is 4. The van der Waals surface area contributed by atoms with Gasteiger partial charge < -0.3 is 14.7 Å². The van der Waals surface area contributed by atoms with Gasteiger partial charge in [-0.2, -0.15) is 0 Å². The Labute approximate surface area is 152 Å². The molecule has 0 fully saturated rings. The van der Waals surface area contributed by atoms with Crippen molar-refractivity contribution in [2.75, 3.05) is 12.0 Å². The molecule has 4 nitrogen and oxygen atoms in total. The van der Waals surface area contributed by atoms with E-state index in [4.69, 9.17) is 4.74 Å². The number of nitrogens with zero attached hydrogens (tertiary/aromatic N) is 1. The number of carbonyl (C=O) groups excluding carboxylic acids is 1. The van der Waals surface area contributed by atoms with Gasteiger partial charge in [0.1, 0.15) is 5.75 Å². The summed E-state index contributed by atoms with van der Waals surface area (Å²) in [6.07, 6.45) is 0. The second-order valence-corrected chi connectivity index (χ2v) is 6.33. The molecule has 1 atom stereocenters. The summed E-state index contributed by atoms with van der Waals surface area (Å²) in [6.45, 7) is 0.384. The number of hydrogen-bond acceptors (Lipinski definition) is 3. The van der Waals surface area contributed by atoms with Gasteiger partial charge in [0, 0.05) is 5.56 Å². The molecule has 0 saturated carbocycles. The minimum Gasteiger partial charge on any atom is -0.497 e. The molecule has 4 heteroatoms. The molecule has 0 radical (unpaired) electrons. The smallest absolute Gasteiger partial charge is 0.268 e. The van der Waals surface area contributed by atoms with E-state index >= 15 is 0 Å². The monoisotopic (exact) mass is 345 g/mol. The van der Waals surface area contributed by atoms with E-state index < -0.39 is 5.60 Å². The second kappa shape index (κ2) is 6.32. The van der Waals surface area contributed by atoms with Gasteiger partial charge in [-0.15, -0.1) is 0 Å². The van der Waals surface area contributed by atoms with Gasteiger partial charge in [0.2, 0.25) is 0 Å². The van der Waals surface area contributed by atoms with E-state index in [1.807, 2.05) is 66.7 Å². The number of fused-ring (bicyclic) bond motifs is 1. The van der Waals surface area contributed by atoms with Crippen molar-refractivity contribution in [1.29, 1.82) is 0 Å². The third-order valence-corrected chi connectivity index (χ3v) is 4.83. The van der Waals surface area contributed by atoms with Crippen molar-refractivity contribution in [3.05, 3.63) is 95.6 Å². The lowest BCUT2D eigenvalue weighted by Gasteiger charge is -2.23. The number of benzene rings is 3. The largest absolute Gasteiger partial charge is 0.497 e. The Morgan fingerprint density at radius 1 is 0.923 bits per heavy atom. The Bertz CT molecular complexity index is 937. The van der Waals surface area contributed by atoms with Gasteiger partial charge in [-0.3, -0.25) is 4.79 Å². The highest BCUT2D eigenvalue weighted by Gasteiger charge is 2.50. The van der Waals surface area contributed by atoms with E-state index in [0.717, 1.165) is 17.0 Å². The molecule has 130 valence electrons. The van der Waals surface area contributed by atoms with Gasteiger partial charge in [0.25, 0.3) is 5.91 Å². The molecule has 0 spiro atoms. The summed E-state index contributed by atoms with van der Waals surface area (Å²) < 4.78 is 5.19. The summed E-state index contributed by atoms with van der Waals surface area (Å²) in [5, 5.41) is 11.4. The summed E-state index contributed by atoms with van der Waals surface area (Å²) >= 11 is 0. The molecule has 3 aromatic carbocycles. The maximum Gasteiger partial charge on any atom is 0.268 e. The zero-order valence-electron chi connectivity index (χ0n) is 14.4. The van der Waals surface area contributed by atoms with Crippen molar-refractivity contribution < 1.29 is 14.6 Å². The first-order valence-corrected chi connectivity index (χ1v) is 8.47. The highest BCUT2D eigenvalue weighted by Crippen LogP contribution is 2.44. The summed E-state index contributed by atoms with van der Waals surface area (Å²) in [5.41, 5.74) is 1.23. The Morgan fingerprint density at radius 3 is 2.27 bits per heavy atom. The van der Waals surface area contributed by atoms with Crippen LogP contribution in [0.5, 0.6) is 5.75 Å². The summed E-state index contributed by atoms with van der Waals surface area (Å²) in [7, 11) is 1.62. The molecular formula is C22H19NO3. The minimum atomic E-state index is -1.66. The second-order valence-electron chi connectivity index (χ2n) is 6.33. The van der Waals surface area contributed by atoms with Crippen LogP contribution in [0.4, 0.5) is 5.69 Å². The van der Waals surface area contributed by atoms with E-state index in [1.165, 1.54) is 0 Å². The first-order valence-electron chi connectivity index (χ1n) is 8.47. The first-order chi connectivity index (χ1) is 12.6. The van der Waals surface area contributed by atoms with E-state index in [-0.39, 0.29) is 5.91 Å². The normalized spacial score (nSPS) is 18.7. The molecule has 0 aliphatic carbocycles. The van der Waals surface area contributed by atoms with Crippen LogP contribution in [0.1, 0.15) is 16.7 Å². The van der Waals surface area contributed by atoms with Crippen LogP contribution >= 0.6 is 0 Å². The number of methoxy groups -OCH3 is 1. The zero-order chi connectivity index (χ0) is 18.1. The number of amides is 1. The molecule has 0 unspecified atom stereocenters. The van der Waals surface area contributed by atoms with Crippen molar-refractivity contribution in [3.63, 3.8) is 0 Å². The average Bonchev–Trinajstić information content (AvgIpc) is 2.92. The van der Waals surface area contributed by atoms with Crippen molar-refractivity contribution in [1.82, 2.24) is 0 Å². The molecule has 4 rings (SSSR count). The molecule has 1 heterocycles. The summed E-state index contributed by atoms with van der Waals surface area (Å²) in [4.78, 5) is 14.9. The number of hydrogen-bond donors (Lipinski definition) is 1. The average molecular weight is 345 g/mol. The molecule has 1 aliphatic heterocycles. The van der Waals surface area contributed by atoms with Gasteiger partial charge in [0.05, 0.1) is 19.3 Å². The minimum absolute atomic E-state index is 0.333. The van der Waals surface area contributed by atoms with Crippen LogP contribution in [0, 0.1) is 0 Å². The quantitative estimate of drug-likeness (QED) is 0.788. The van der Waals surface area contributed by atoms with Crippen LogP contribution in [0.3, 0.4) is 0 Å². The number of aliphatic hydroxyl groups is 1. The molecule has 1 N–H and O–H groups in total. The van der Waals surface area contributed by atoms with Crippen LogP contribution < -0.4 is 9.64 Å². The third kappa shape index (κ3) is 2.47. The molecule has 1 aliphatic rings. The highest BCUT2D eigenvalue weighted by molar-refractivity contribution is 6.09. The van der Waals surface area contributed by atoms with Crippen molar-refractivity contribution >= 4 is 11.6 Å². The van der Waals surface area contributed by atoms with Crippen LogP contribution in [0.25, 0.3) is 0 Å². The van der Waals surface area contributed by atoms with Gasteiger partial charge in [-0.05, 0) is 29.3 Å². The predicted molar refractivity (Wildman–Crippen MR) is 100 cm³/mol. The standard InChI is InChI=1S/C22H19NO3/c1-26-18-13-11-16(12-14-18)15-23-20-10-6-5-9-19(20)22(25,21(23)24)17-7-3-2-4-8-17/h2-14,25H,15H2,1H3/t22-/m1/s1. The van der Waals surface area contributed by atoms with Crippen molar-refractivity contribution in [2.45, 2.75) is 12.1 Å². The molecule has 0 saturated heterocycles. The third-order valence-electron chi connectivity index (χ3n) is 4.83. The number of para-hydroxylation sites is 1. The molecule has 1 amide bonds. The first kappa shape index (κ1) is 16.4. The summed E-state index contributed by atoms with van der Waals surface area (Å²) in [6, 6.07) is 24.1. The summed E-state index contributed by atoms with van der Waals surface area (Å²) in [5.74, 6) is 0.434. The fraction of sp³-hybridized carbons (Fsp3) is 0.136. The fourth-order valence-electron chi connectivity index (χ4n) is 3.46. The zero-order valence-corrected chi connectivity index (χ0v) is 14.4. The molecular weight excluding hydrogens is 326 g/mol. The number of anilines is 1. The van der Waals surface area contributed by atoms with Crippen LogP contribution in [-0.4, -0.2) is 18.1 Å². The van der Waals surface area contributed by atoms with E-state index in [2.05, 4.69) is 0 Å². The van der Waals surface area contributed by atoms with Crippen molar-refractivity contribution in [2.24, 2.45) is 0 Å². The van der Waals surface area contributed by atoms with Gasteiger partial charge >= 0.3 is 0 Å². The molecule has 26 heavy (non-hydrogen) atoms.